The smallest absolute Gasteiger partial charge is 0.416 e. The van der Waals surface area contributed by atoms with Crippen molar-refractivity contribution in [3.05, 3.63) is 94.6 Å². The normalized spacial score (nSPS) is 16.2. The van der Waals surface area contributed by atoms with Gasteiger partial charge in [0.25, 0.3) is 0 Å². The van der Waals surface area contributed by atoms with Gasteiger partial charge in [-0.25, -0.2) is 0 Å². The van der Waals surface area contributed by atoms with Crippen LogP contribution in [0.5, 0.6) is 0 Å². The van der Waals surface area contributed by atoms with Crippen molar-refractivity contribution in [3.8, 4) is 0 Å². The highest BCUT2D eigenvalue weighted by atomic mass is 19.4. The fraction of sp³-hybridized carbons (Fsp3) is 0.0870. The van der Waals surface area contributed by atoms with Gasteiger partial charge in [-0.3, -0.25) is 4.79 Å². The maximum atomic E-state index is 13.1. The number of allylic oxidation sites excluding steroid dienone is 1. The van der Waals surface area contributed by atoms with Crippen LogP contribution in [-0.4, -0.2) is 5.78 Å². The molecule has 3 aromatic rings. The number of alkyl halides is 6. The van der Waals surface area contributed by atoms with E-state index >= 15 is 0 Å². The van der Waals surface area contributed by atoms with Crippen molar-refractivity contribution < 1.29 is 35.9 Å². The van der Waals surface area contributed by atoms with Crippen LogP contribution in [0, 0.1) is 0 Å². The lowest BCUT2D eigenvalue weighted by Gasteiger charge is -2.10. The Morgan fingerprint density at radius 3 is 2.16 bits per heavy atom. The van der Waals surface area contributed by atoms with Crippen LogP contribution in [0.3, 0.4) is 0 Å². The van der Waals surface area contributed by atoms with Crippen LogP contribution >= 0.6 is 0 Å². The summed E-state index contributed by atoms with van der Waals surface area (Å²) >= 11 is 0. The predicted molar refractivity (Wildman–Crippen MR) is 106 cm³/mol. The molecule has 3 nitrogen and oxygen atoms in total. The Balaban J connectivity index is 1.75. The van der Waals surface area contributed by atoms with Crippen molar-refractivity contribution in [3.63, 3.8) is 0 Å². The molecule has 0 aromatic heterocycles. The number of carbonyl (C=O) groups is 1. The molecule has 0 saturated heterocycles. The second-order valence-electron chi connectivity index (χ2n) is 7.04. The van der Waals surface area contributed by atoms with Crippen LogP contribution in [0.2, 0.25) is 0 Å². The monoisotopic (exact) mass is 449 g/mol. The SMILES string of the molecule is NC1=C(c2cccc(C(F)(F)F)c2)C(=O)C(=Cc2cccc3ccc(C(F)(F)F)cc23)O1. The largest absolute Gasteiger partial charge is 0.437 e. The molecule has 164 valence electrons. The van der Waals surface area contributed by atoms with Gasteiger partial charge in [0.1, 0.15) is 0 Å². The maximum Gasteiger partial charge on any atom is 0.416 e. The van der Waals surface area contributed by atoms with Crippen LogP contribution in [-0.2, 0) is 21.9 Å². The molecule has 1 aliphatic rings. The Bertz CT molecular complexity index is 1300. The van der Waals surface area contributed by atoms with Gasteiger partial charge in [-0.15, -0.1) is 0 Å². The van der Waals surface area contributed by atoms with Gasteiger partial charge in [0.15, 0.2) is 5.76 Å². The van der Waals surface area contributed by atoms with Crippen molar-refractivity contribution >= 4 is 28.2 Å². The molecular formula is C23H13F6NO2. The first kappa shape index (κ1) is 21.5. The summed E-state index contributed by atoms with van der Waals surface area (Å²) in [7, 11) is 0. The number of ether oxygens (including phenoxy) is 1. The lowest BCUT2D eigenvalue weighted by molar-refractivity contribution is -0.138. The zero-order valence-electron chi connectivity index (χ0n) is 16.0. The number of benzene rings is 3. The number of fused-ring (bicyclic) bond motifs is 1. The molecule has 0 bridgehead atoms. The zero-order chi connectivity index (χ0) is 23.3. The van der Waals surface area contributed by atoms with Crippen LogP contribution in [0.4, 0.5) is 26.3 Å². The molecule has 2 N–H and O–H groups in total. The lowest BCUT2D eigenvalue weighted by Crippen LogP contribution is -2.07. The molecule has 1 heterocycles. The van der Waals surface area contributed by atoms with Crippen molar-refractivity contribution in [2.24, 2.45) is 5.73 Å². The average molecular weight is 449 g/mol. The number of carbonyl (C=O) groups excluding carboxylic acids is 1. The highest BCUT2D eigenvalue weighted by molar-refractivity contribution is 6.31. The third-order valence-electron chi connectivity index (χ3n) is 4.93. The second kappa shape index (κ2) is 7.44. The third-order valence-corrected chi connectivity index (χ3v) is 4.93. The minimum absolute atomic E-state index is 0.0806. The van der Waals surface area contributed by atoms with Crippen LogP contribution < -0.4 is 5.73 Å². The van der Waals surface area contributed by atoms with E-state index in [9.17, 15) is 31.1 Å². The Hall–Kier alpha value is -3.75. The Kier molecular flexibility index (Phi) is 4.99. The number of ketones is 1. The van der Waals surface area contributed by atoms with Crippen molar-refractivity contribution in [2.45, 2.75) is 12.4 Å². The van der Waals surface area contributed by atoms with E-state index in [0.717, 1.165) is 30.3 Å². The predicted octanol–water partition coefficient (Wildman–Crippen LogP) is 6.15. The maximum absolute atomic E-state index is 13.1. The van der Waals surface area contributed by atoms with E-state index in [-0.39, 0.29) is 27.8 Å². The highest BCUT2D eigenvalue weighted by Crippen LogP contribution is 2.37. The van der Waals surface area contributed by atoms with Gasteiger partial charge in [-0.2, -0.15) is 26.3 Å². The number of halogens is 6. The third kappa shape index (κ3) is 3.93. The molecule has 0 fully saturated rings. The van der Waals surface area contributed by atoms with E-state index < -0.39 is 35.1 Å². The number of hydrogen-bond acceptors (Lipinski definition) is 3. The summed E-state index contributed by atoms with van der Waals surface area (Å²) in [6.45, 7) is 0. The van der Waals surface area contributed by atoms with E-state index in [0.29, 0.717) is 5.39 Å². The van der Waals surface area contributed by atoms with Gasteiger partial charge in [0.2, 0.25) is 11.7 Å². The molecule has 9 heteroatoms. The summed E-state index contributed by atoms with van der Waals surface area (Å²) in [5, 5.41) is 0.717. The minimum atomic E-state index is -4.62. The topological polar surface area (TPSA) is 52.3 Å². The number of rotatable bonds is 2. The van der Waals surface area contributed by atoms with Crippen molar-refractivity contribution in [2.75, 3.05) is 0 Å². The fourth-order valence-electron chi connectivity index (χ4n) is 3.41. The average Bonchev–Trinajstić information content (AvgIpc) is 2.99. The second-order valence-corrected chi connectivity index (χ2v) is 7.04. The quantitative estimate of drug-likeness (QED) is 0.378. The van der Waals surface area contributed by atoms with Gasteiger partial charge in [-0.1, -0.05) is 36.4 Å². The molecule has 0 spiro atoms. The minimum Gasteiger partial charge on any atom is -0.437 e. The van der Waals surface area contributed by atoms with E-state index in [1.807, 2.05) is 0 Å². The first-order chi connectivity index (χ1) is 14.9. The Morgan fingerprint density at radius 2 is 1.47 bits per heavy atom. The van der Waals surface area contributed by atoms with Gasteiger partial charge in [0, 0.05) is 0 Å². The molecule has 32 heavy (non-hydrogen) atoms. The lowest BCUT2D eigenvalue weighted by atomic mass is 9.98. The summed E-state index contributed by atoms with van der Waals surface area (Å²) in [4.78, 5) is 12.9. The standard InChI is InChI=1S/C23H13F6NO2/c24-22(25,26)15-6-2-5-14(9-15)19-20(31)18(32-21(19)30)10-13-4-1-3-12-7-8-16(11-17(12)13)23(27,28)29/h1-11H,30H2. The summed E-state index contributed by atoms with van der Waals surface area (Å²) in [5.74, 6) is -1.47. The van der Waals surface area contributed by atoms with Gasteiger partial charge >= 0.3 is 12.4 Å². The Labute approximate surface area is 177 Å². The van der Waals surface area contributed by atoms with Crippen LogP contribution in [0.25, 0.3) is 22.4 Å². The number of Topliss-reactive ketones (excluding diaryl/α,β-unsaturated/α-hetero) is 1. The summed E-state index contributed by atoms with van der Waals surface area (Å²) in [6.07, 6.45) is -7.96. The first-order valence-electron chi connectivity index (χ1n) is 9.17. The summed E-state index contributed by atoms with van der Waals surface area (Å²) < 4.78 is 83.7. The summed E-state index contributed by atoms with van der Waals surface area (Å²) in [6, 6.07) is 11.9. The molecular weight excluding hydrogens is 436 g/mol. The molecule has 0 atom stereocenters. The molecule has 4 rings (SSSR count). The van der Waals surface area contributed by atoms with E-state index in [4.69, 9.17) is 10.5 Å². The molecule has 3 aromatic carbocycles. The molecule has 1 aliphatic heterocycles. The number of hydrogen-bond donors (Lipinski definition) is 1. The van der Waals surface area contributed by atoms with Crippen LogP contribution in [0.1, 0.15) is 22.3 Å². The number of nitrogens with two attached hydrogens (primary N) is 1. The molecule has 0 radical (unpaired) electrons. The van der Waals surface area contributed by atoms with Gasteiger partial charge in [0.05, 0.1) is 16.7 Å². The molecule has 0 unspecified atom stereocenters. The molecule has 0 amide bonds. The van der Waals surface area contributed by atoms with Gasteiger partial charge in [-0.05, 0) is 52.2 Å². The van der Waals surface area contributed by atoms with Crippen molar-refractivity contribution in [1.82, 2.24) is 0 Å². The first-order valence-corrected chi connectivity index (χ1v) is 9.17. The molecule has 0 aliphatic carbocycles. The van der Waals surface area contributed by atoms with Crippen molar-refractivity contribution in [1.29, 1.82) is 0 Å². The zero-order valence-corrected chi connectivity index (χ0v) is 16.0. The van der Waals surface area contributed by atoms with E-state index in [1.54, 1.807) is 12.1 Å². The van der Waals surface area contributed by atoms with E-state index in [2.05, 4.69) is 0 Å². The fourth-order valence-corrected chi connectivity index (χ4v) is 3.41. The van der Waals surface area contributed by atoms with E-state index in [1.165, 1.54) is 24.3 Å². The van der Waals surface area contributed by atoms with Crippen LogP contribution in [0.15, 0.2) is 72.3 Å². The summed E-state index contributed by atoms with van der Waals surface area (Å²) in [5.41, 5.74) is 3.86. The molecule has 0 saturated carbocycles. The van der Waals surface area contributed by atoms with Gasteiger partial charge < -0.3 is 10.5 Å². The Morgan fingerprint density at radius 1 is 0.812 bits per heavy atom. The highest BCUT2D eigenvalue weighted by Gasteiger charge is 2.34.